The second kappa shape index (κ2) is 4.86. The molecule has 0 aliphatic rings. The van der Waals surface area contributed by atoms with Gasteiger partial charge in [0.15, 0.2) is 0 Å². The van der Waals surface area contributed by atoms with E-state index in [4.69, 9.17) is 5.26 Å². The van der Waals surface area contributed by atoms with Crippen molar-refractivity contribution in [1.82, 2.24) is 9.61 Å². The van der Waals surface area contributed by atoms with Gasteiger partial charge in [-0.3, -0.25) is 4.79 Å². The number of aromatic nitrogens is 2. The van der Waals surface area contributed by atoms with Gasteiger partial charge < -0.3 is 5.32 Å². The molecule has 3 aromatic rings. The first-order valence-electron chi connectivity index (χ1n) is 6.02. The summed E-state index contributed by atoms with van der Waals surface area (Å²) in [5.74, 6) is -0.263. The van der Waals surface area contributed by atoms with E-state index in [-0.39, 0.29) is 5.91 Å². The molecule has 20 heavy (non-hydrogen) atoms. The largest absolute Gasteiger partial charge is 0.319 e. The predicted molar refractivity (Wildman–Crippen MR) is 74.3 cm³/mol. The molecule has 0 fully saturated rings. The topological polar surface area (TPSA) is 70.2 Å². The highest BCUT2D eigenvalue weighted by Gasteiger charge is 2.10. The van der Waals surface area contributed by atoms with E-state index < -0.39 is 0 Å². The second-order valence-electron chi connectivity index (χ2n) is 4.24. The van der Waals surface area contributed by atoms with Gasteiger partial charge >= 0.3 is 0 Å². The fourth-order valence-electron chi connectivity index (χ4n) is 1.96. The lowest BCUT2D eigenvalue weighted by molar-refractivity contribution is 0.102. The maximum absolute atomic E-state index is 12.2. The molecule has 1 aromatic carbocycles. The van der Waals surface area contributed by atoms with Crippen LogP contribution in [0.15, 0.2) is 54.9 Å². The Kier molecular flexibility index (Phi) is 2.90. The lowest BCUT2D eigenvalue weighted by Crippen LogP contribution is -2.11. The van der Waals surface area contributed by atoms with E-state index in [1.54, 1.807) is 41.2 Å². The SMILES string of the molecule is N#Cc1cccc(C(=O)Nc2cnn3ccccc23)c1. The summed E-state index contributed by atoms with van der Waals surface area (Å²) in [5, 5.41) is 15.8. The summed E-state index contributed by atoms with van der Waals surface area (Å²) in [7, 11) is 0. The molecule has 3 rings (SSSR count). The van der Waals surface area contributed by atoms with Crippen LogP contribution in [0.1, 0.15) is 15.9 Å². The van der Waals surface area contributed by atoms with Crippen LogP contribution in [0.2, 0.25) is 0 Å². The Morgan fingerprint density at radius 1 is 1.25 bits per heavy atom. The van der Waals surface area contributed by atoms with Crippen LogP contribution < -0.4 is 5.32 Å². The van der Waals surface area contributed by atoms with Crippen molar-refractivity contribution in [2.75, 3.05) is 5.32 Å². The molecule has 0 aliphatic heterocycles. The average molecular weight is 262 g/mol. The Morgan fingerprint density at radius 2 is 2.15 bits per heavy atom. The number of hydrogen-bond acceptors (Lipinski definition) is 3. The third-order valence-corrected chi connectivity index (χ3v) is 2.93. The number of nitrogens with zero attached hydrogens (tertiary/aromatic N) is 3. The normalized spacial score (nSPS) is 10.2. The van der Waals surface area contributed by atoms with E-state index in [9.17, 15) is 4.79 Å². The Balaban J connectivity index is 1.91. The van der Waals surface area contributed by atoms with Crippen molar-refractivity contribution < 1.29 is 4.79 Å². The van der Waals surface area contributed by atoms with Crippen LogP contribution in [-0.2, 0) is 0 Å². The predicted octanol–water partition coefficient (Wildman–Crippen LogP) is 2.46. The summed E-state index contributed by atoms with van der Waals surface area (Å²) in [6.07, 6.45) is 3.41. The van der Waals surface area contributed by atoms with Crippen LogP contribution in [0.25, 0.3) is 5.52 Å². The molecule has 5 heteroatoms. The van der Waals surface area contributed by atoms with Crippen LogP contribution in [-0.4, -0.2) is 15.5 Å². The van der Waals surface area contributed by atoms with Crippen molar-refractivity contribution in [1.29, 1.82) is 5.26 Å². The molecule has 2 heterocycles. The molecule has 1 N–H and O–H groups in total. The molecule has 1 amide bonds. The fourth-order valence-corrected chi connectivity index (χ4v) is 1.96. The Morgan fingerprint density at radius 3 is 3.00 bits per heavy atom. The van der Waals surface area contributed by atoms with Gasteiger partial charge in [-0.2, -0.15) is 10.4 Å². The van der Waals surface area contributed by atoms with Crippen molar-refractivity contribution in [2.24, 2.45) is 0 Å². The third-order valence-electron chi connectivity index (χ3n) is 2.93. The summed E-state index contributed by atoms with van der Waals surface area (Å²) in [6.45, 7) is 0. The standard InChI is InChI=1S/C15H10N4O/c16-9-11-4-3-5-12(8-11)15(20)18-13-10-17-19-7-2-1-6-14(13)19/h1-8,10H,(H,18,20). The molecule has 96 valence electrons. The van der Waals surface area contributed by atoms with Crippen LogP contribution in [0, 0.1) is 11.3 Å². The van der Waals surface area contributed by atoms with Crippen molar-refractivity contribution in [3.8, 4) is 6.07 Å². The van der Waals surface area contributed by atoms with E-state index in [1.807, 2.05) is 24.3 Å². The quantitative estimate of drug-likeness (QED) is 0.771. The number of fused-ring (bicyclic) bond motifs is 1. The minimum Gasteiger partial charge on any atom is -0.319 e. The number of hydrogen-bond donors (Lipinski definition) is 1. The monoisotopic (exact) mass is 262 g/mol. The maximum Gasteiger partial charge on any atom is 0.255 e. The zero-order valence-electron chi connectivity index (χ0n) is 10.4. The minimum absolute atomic E-state index is 0.263. The molecule has 0 saturated carbocycles. The Hall–Kier alpha value is -3.13. The first-order chi connectivity index (χ1) is 9.78. The second-order valence-corrected chi connectivity index (χ2v) is 4.24. The number of carbonyl (C=O) groups is 1. The molecule has 0 atom stereocenters. The smallest absolute Gasteiger partial charge is 0.255 e. The molecule has 0 saturated heterocycles. The number of carbonyl (C=O) groups excluding carboxylic acids is 1. The van der Waals surface area contributed by atoms with Crippen LogP contribution >= 0.6 is 0 Å². The van der Waals surface area contributed by atoms with Crippen LogP contribution in [0.3, 0.4) is 0 Å². The lowest BCUT2D eigenvalue weighted by Gasteiger charge is -2.03. The minimum atomic E-state index is -0.263. The fraction of sp³-hybridized carbons (Fsp3) is 0. The first kappa shape index (κ1) is 11.9. The molecule has 0 radical (unpaired) electrons. The molecule has 0 spiro atoms. The summed E-state index contributed by atoms with van der Waals surface area (Å²) < 4.78 is 1.68. The van der Waals surface area contributed by atoms with Gasteiger partial charge in [0, 0.05) is 11.8 Å². The van der Waals surface area contributed by atoms with Crippen molar-refractivity contribution in [3.05, 3.63) is 66.0 Å². The highest BCUT2D eigenvalue weighted by molar-refractivity contribution is 6.06. The van der Waals surface area contributed by atoms with Gasteiger partial charge in [-0.1, -0.05) is 12.1 Å². The summed E-state index contributed by atoms with van der Waals surface area (Å²) >= 11 is 0. The van der Waals surface area contributed by atoms with Crippen molar-refractivity contribution >= 4 is 17.1 Å². The highest BCUT2D eigenvalue weighted by atomic mass is 16.1. The van der Waals surface area contributed by atoms with Gasteiger partial charge in [0.2, 0.25) is 0 Å². The molecule has 5 nitrogen and oxygen atoms in total. The molecule has 0 aliphatic carbocycles. The van der Waals surface area contributed by atoms with Gasteiger partial charge in [0.05, 0.1) is 29.0 Å². The molecular formula is C15H10N4O. The first-order valence-corrected chi connectivity index (χ1v) is 6.02. The summed E-state index contributed by atoms with van der Waals surface area (Å²) in [4.78, 5) is 12.2. The number of amides is 1. The van der Waals surface area contributed by atoms with E-state index in [1.165, 1.54) is 0 Å². The van der Waals surface area contributed by atoms with E-state index in [0.29, 0.717) is 16.8 Å². The van der Waals surface area contributed by atoms with Gasteiger partial charge in [0.1, 0.15) is 0 Å². The van der Waals surface area contributed by atoms with E-state index in [2.05, 4.69) is 10.4 Å². The number of benzene rings is 1. The number of pyridine rings is 1. The van der Waals surface area contributed by atoms with Gasteiger partial charge in [-0.15, -0.1) is 0 Å². The zero-order valence-corrected chi connectivity index (χ0v) is 10.4. The maximum atomic E-state index is 12.2. The average Bonchev–Trinajstić information content (AvgIpc) is 2.90. The third kappa shape index (κ3) is 2.10. The molecule has 0 unspecified atom stereocenters. The van der Waals surface area contributed by atoms with Crippen molar-refractivity contribution in [3.63, 3.8) is 0 Å². The van der Waals surface area contributed by atoms with E-state index >= 15 is 0 Å². The number of nitriles is 1. The van der Waals surface area contributed by atoms with Crippen LogP contribution in [0.5, 0.6) is 0 Å². The molecule has 2 aromatic heterocycles. The van der Waals surface area contributed by atoms with Gasteiger partial charge in [0.25, 0.3) is 5.91 Å². The van der Waals surface area contributed by atoms with Crippen molar-refractivity contribution in [2.45, 2.75) is 0 Å². The number of nitrogens with one attached hydrogen (secondary N) is 1. The molecular weight excluding hydrogens is 252 g/mol. The summed E-state index contributed by atoms with van der Waals surface area (Å²) in [5.41, 5.74) is 2.35. The highest BCUT2D eigenvalue weighted by Crippen LogP contribution is 2.17. The number of rotatable bonds is 2. The zero-order chi connectivity index (χ0) is 13.9. The Labute approximate surface area is 115 Å². The van der Waals surface area contributed by atoms with Gasteiger partial charge in [-0.25, -0.2) is 4.52 Å². The lowest BCUT2D eigenvalue weighted by atomic mass is 10.1. The Bertz CT molecular complexity index is 829. The van der Waals surface area contributed by atoms with E-state index in [0.717, 1.165) is 5.52 Å². The number of anilines is 1. The van der Waals surface area contributed by atoms with Crippen LogP contribution in [0.4, 0.5) is 5.69 Å². The summed E-state index contributed by atoms with van der Waals surface area (Å²) in [6, 6.07) is 14.2. The van der Waals surface area contributed by atoms with Gasteiger partial charge in [-0.05, 0) is 30.3 Å². The molecule has 0 bridgehead atoms.